The molecule has 0 aliphatic heterocycles. The molecule has 0 bridgehead atoms. The van der Waals surface area contributed by atoms with Crippen molar-refractivity contribution in [3.8, 4) is 23.7 Å². The maximum Gasteiger partial charge on any atom is 0.0701 e. The topological polar surface area (TPSA) is 0 Å². The van der Waals surface area contributed by atoms with E-state index in [9.17, 15) is 0 Å². The van der Waals surface area contributed by atoms with Gasteiger partial charge in [-0.1, -0.05) is 37.7 Å². The second-order valence-corrected chi connectivity index (χ2v) is 2.50. The second kappa shape index (κ2) is 5.63. The van der Waals surface area contributed by atoms with Crippen molar-refractivity contribution in [2.75, 3.05) is 0 Å². The Kier molecular flexibility index (Phi) is 5.05. The molecule has 0 aliphatic rings. The first-order valence-corrected chi connectivity index (χ1v) is 3.81. The van der Waals surface area contributed by atoms with Gasteiger partial charge < -0.3 is 0 Å². The van der Waals surface area contributed by atoms with Crippen molar-refractivity contribution in [2.45, 2.75) is 27.7 Å². The van der Waals surface area contributed by atoms with Crippen LogP contribution in [-0.4, -0.2) is 0 Å². The van der Waals surface area contributed by atoms with Crippen LogP contribution in [0.2, 0.25) is 0 Å². The highest BCUT2D eigenvalue weighted by atomic mass is 13.9. The van der Waals surface area contributed by atoms with Gasteiger partial charge in [0.15, 0.2) is 0 Å². The van der Waals surface area contributed by atoms with Crippen LogP contribution < -0.4 is 0 Å². The molecule has 0 saturated carbocycles. The lowest BCUT2D eigenvalue weighted by Crippen LogP contribution is -1.79. The third-order valence-corrected chi connectivity index (χ3v) is 1.04. The van der Waals surface area contributed by atoms with E-state index in [1.165, 1.54) is 0 Å². The van der Waals surface area contributed by atoms with E-state index in [0.29, 0.717) is 5.92 Å². The molecule has 0 rings (SSSR count). The van der Waals surface area contributed by atoms with Gasteiger partial charge in [-0.2, -0.15) is 0 Å². The fraction of sp³-hybridized carbons (Fsp3) is 0.455. The van der Waals surface area contributed by atoms with Gasteiger partial charge in [0.2, 0.25) is 0 Å². The number of hydrogen-bond donors (Lipinski definition) is 0. The molecule has 11 heavy (non-hydrogen) atoms. The molecule has 0 N–H and O–H groups in total. The standard InChI is InChI=1S/C11H14/c1-5-7-11(6-2)9-8-10(3)4/h6,10H,1-4H3. The third kappa shape index (κ3) is 5.31. The summed E-state index contributed by atoms with van der Waals surface area (Å²) in [5.41, 5.74) is 0.918. The van der Waals surface area contributed by atoms with Gasteiger partial charge in [-0.15, -0.1) is 5.92 Å². The quantitative estimate of drug-likeness (QED) is 0.461. The van der Waals surface area contributed by atoms with Gasteiger partial charge in [-0.05, 0) is 13.8 Å². The molecule has 0 nitrogen and oxygen atoms in total. The summed E-state index contributed by atoms with van der Waals surface area (Å²) in [7, 11) is 0. The van der Waals surface area contributed by atoms with Crippen molar-refractivity contribution in [1.82, 2.24) is 0 Å². The van der Waals surface area contributed by atoms with Gasteiger partial charge in [-0.3, -0.25) is 0 Å². The minimum Gasteiger partial charge on any atom is -0.101 e. The van der Waals surface area contributed by atoms with Crippen molar-refractivity contribution < 1.29 is 0 Å². The summed E-state index contributed by atoms with van der Waals surface area (Å²) < 4.78 is 0. The number of rotatable bonds is 0. The molecule has 0 spiro atoms. The molecule has 0 amide bonds. The Morgan fingerprint density at radius 2 is 1.91 bits per heavy atom. The van der Waals surface area contributed by atoms with E-state index >= 15 is 0 Å². The Balaban J connectivity index is 4.33. The molecule has 0 radical (unpaired) electrons. The van der Waals surface area contributed by atoms with Crippen LogP contribution >= 0.6 is 0 Å². The molecule has 0 heteroatoms. The Morgan fingerprint density at radius 1 is 1.27 bits per heavy atom. The zero-order chi connectivity index (χ0) is 8.69. The first-order valence-electron chi connectivity index (χ1n) is 3.81. The lowest BCUT2D eigenvalue weighted by atomic mass is 10.2. The van der Waals surface area contributed by atoms with E-state index in [1.807, 2.05) is 19.9 Å². The SMILES string of the molecule is CC#CC(C#CC(C)C)=CC. The lowest BCUT2D eigenvalue weighted by molar-refractivity contribution is 0.866. The van der Waals surface area contributed by atoms with Crippen molar-refractivity contribution >= 4 is 0 Å². The predicted octanol–water partition coefficient (Wildman–Crippen LogP) is 2.62. The van der Waals surface area contributed by atoms with Crippen LogP contribution in [0.1, 0.15) is 27.7 Å². The van der Waals surface area contributed by atoms with Gasteiger partial charge in [-0.25, -0.2) is 0 Å². The van der Waals surface area contributed by atoms with Crippen molar-refractivity contribution in [3.05, 3.63) is 11.6 Å². The first kappa shape index (κ1) is 9.86. The van der Waals surface area contributed by atoms with Gasteiger partial charge in [0.05, 0.1) is 5.57 Å². The van der Waals surface area contributed by atoms with Crippen LogP contribution in [0.5, 0.6) is 0 Å². The van der Waals surface area contributed by atoms with Crippen LogP contribution in [0.4, 0.5) is 0 Å². The molecule has 0 aliphatic carbocycles. The summed E-state index contributed by atoms with van der Waals surface area (Å²) in [6, 6.07) is 0. The van der Waals surface area contributed by atoms with E-state index < -0.39 is 0 Å². The Morgan fingerprint density at radius 3 is 2.27 bits per heavy atom. The molecule has 0 aromatic heterocycles. The number of allylic oxidation sites excluding steroid dienone is 2. The molecule has 0 aromatic rings. The van der Waals surface area contributed by atoms with Crippen molar-refractivity contribution in [3.63, 3.8) is 0 Å². The summed E-state index contributed by atoms with van der Waals surface area (Å²) in [6.07, 6.45) is 1.94. The maximum absolute atomic E-state index is 3.06. The van der Waals surface area contributed by atoms with E-state index in [0.717, 1.165) is 5.57 Å². The zero-order valence-electron chi connectivity index (χ0n) is 7.65. The van der Waals surface area contributed by atoms with E-state index in [4.69, 9.17) is 0 Å². The average molecular weight is 146 g/mol. The van der Waals surface area contributed by atoms with Crippen LogP contribution in [0.25, 0.3) is 0 Å². The van der Waals surface area contributed by atoms with Crippen molar-refractivity contribution in [1.29, 1.82) is 0 Å². The van der Waals surface area contributed by atoms with Crippen LogP contribution in [-0.2, 0) is 0 Å². The fourth-order valence-electron chi connectivity index (χ4n) is 0.532. The summed E-state index contributed by atoms with van der Waals surface area (Å²) in [5.74, 6) is 12.2. The van der Waals surface area contributed by atoms with Crippen molar-refractivity contribution in [2.24, 2.45) is 5.92 Å². The largest absolute Gasteiger partial charge is 0.101 e. The predicted molar refractivity (Wildman–Crippen MR) is 49.8 cm³/mol. The molecular weight excluding hydrogens is 132 g/mol. The Labute approximate surface area is 69.7 Å². The molecule has 0 saturated heterocycles. The zero-order valence-corrected chi connectivity index (χ0v) is 7.65. The highest BCUT2D eigenvalue weighted by Gasteiger charge is 1.83. The molecule has 58 valence electrons. The highest BCUT2D eigenvalue weighted by molar-refractivity contribution is 5.43. The monoisotopic (exact) mass is 146 g/mol. The summed E-state index contributed by atoms with van der Waals surface area (Å²) in [6.45, 7) is 7.91. The van der Waals surface area contributed by atoms with E-state index in [2.05, 4.69) is 37.5 Å². The van der Waals surface area contributed by atoms with Gasteiger partial charge in [0.1, 0.15) is 0 Å². The van der Waals surface area contributed by atoms with Gasteiger partial charge >= 0.3 is 0 Å². The van der Waals surface area contributed by atoms with Crippen LogP contribution in [0, 0.1) is 29.6 Å². The molecule has 0 heterocycles. The average Bonchev–Trinajstić information content (AvgIpc) is 1.97. The second-order valence-electron chi connectivity index (χ2n) is 2.50. The normalized spacial score (nSPS) is 9.73. The summed E-state index contributed by atoms with van der Waals surface area (Å²) in [4.78, 5) is 0. The first-order chi connectivity index (χ1) is 5.20. The molecule has 0 fully saturated rings. The van der Waals surface area contributed by atoms with Crippen LogP contribution in [0.15, 0.2) is 11.6 Å². The summed E-state index contributed by atoms with van der Waals surface area (Å²) >= 11 is 0. The minimum absolute atomic E-state index is 0.420. The maximum atomic E-state index is 3.06. The van der Waals surface area contributed by atoms with E-state index in [-0.39, 0.29) is 0 Å². The molecule has 0 aromatic carbocycles. The highest BCUT2D eigenvalue weighted by Crippen LogP contribution is 1.92. The van der Waals surface area contributed by atoms with E-state index in [1.54, 1.807) is 0 Å². The molecular formula is C11H14. The molecule has 0 atom stereocenters. The fourth-order valence-corrected chi connectivity index (χ4v) is 0.532. The smallest absolute Gasteiger partial charge is 0.0701 e. The Bertz CT molecular complexity index is 245. The summed E-state index contributed by atoms with van der Waals surface area (Å²) in [5, 5.41) is 0. The van der Waals surface area contributed by atoms with Gasteiger partial charge in [0, 0.05) is 5.92 Å². The number of hydrogen-bond acceptors (Lipinski definition) is 0. The third-order valence-electron chi connectivity index (χ3n) is 1.04. The van der Waals surface area contributed by atoms with Gasteiger partial charge in [0.25, 0.3) is 0 Å². The lowest BCUT2D eigenvalue weighted by Gasteiger charge is -1.87. The minimum atomic E-state index is 0.420. The molecule has 0 unspecified atom stereocenters. The Hall–Kier alpha value is -1.14. The van der Waals surface area contributed by atoms with Crippen LogP contribution in [0.3, 0.4) is 0 Å².